The van der Waals surface area contributed by atoms with Crippen molar-refractivity contribution in [3.63, 3.8) is 0 Å². The number of methoxy groups -OCH3 is 1. The number of ether oxygens (including phenoxy) is 2. The Bertz CT molecular complexity index is 849. The van der Waals surface area contributed by atoms with Crippen LogP contribution < -0.4 is 15.4 Å². The average Bonchev–Trinajstić information content (AvgIpc) is 2.67. The summed E-state index contributed by atoms with van der Waals surface area (Å²) in [6.45, 7) is 3.93. The van der Waals surface area contributed by atoms with Gasteiger partial charge in [-0.25, -0.2) is 19.7 Å². The van der Waals surface area contributed by atoms with Gasteiger partial charge in [-0.3, -0.25) is 4.90 Å². The summed E-state index contributed by atoms with van der Waals surface area (Å²) < 4.78 is 10.5. The van der Waals surface area contributed by atoms with E-state index in [0.717, 1.165) is 0 Å². The highest BCUT2D eigenvalue weighted by Gasteiger charge is 2.46. The minimum Gasteiger partial charge on any atom is -0.481 e. The molecule has 2 aromatic heterocycles. The molecular formula is C18H22ClN5O3. The molecule has 0 saturated heterocycles. The fourth-order valence-electron chi connectivity index (χ4n) is 3.34. The number of nitrogens with two attached hydrogens (primary N) is 1. The van der Waals surface area contributed by atoms with Crippen molar-refractivity contribution in [1.29, 1.82) is 0 Å². The SMILES string of the molecule is CCOC(=O)N1c2ccc(OC)nc2[C@H](c2cc(Cl)ncn2)C[C@@]1(N)CC. The molecule has 0 radical (unpaired) electrons. The fraction of sp³-hybridized carbons (Fsp3) is 0.444. The Kier molecular flexibility index (Phi) is 5.48. The smallest absolute Gasteiger partial charge is 0.415 e. The van der Waals surface area contributed by atoms with Crippen LogP contribution >= 0.6 is 11.6 Å². The number of nitrogens with zero attached hydrogens (tertiary/aromatic N) is 4. The number of hydrogen-bond donors (Lipinski definition) is 1. The van der Waals surface area contributed by atoms with Gasteiger partial charge in [0.05, 0.1) is 30.8 Å². The number of carbonyl (C=O) groups excluding carboxylic acids is 1. The Morgan fingerprint density at radius 2 is 2.19 bits per heavy atom. The molecule has 2 aromatic rings. The number of anilines is 1. The van der Waals surface area contributed by atoms with Gasteiger partial charge in [0.25, 0.3) is 0 Å². The van der Waals surface area contributed by atoms with Crippen LogP contribution in [0, 0.1) is 0 Å². The van der Waals surface area contributed by atoms with Crippen molar-refractivity contribution in [1.82, 2.24) is 15.0 Å². The summed E-state index contributed by atoms with van der Waals surface area (Å²) in [6.07, 6.45) is 1.82. The summed E-state index contributed by atoms with van der Waals surface area (Å²) in [6, 6.07) is 5.15. The summed E-state index contributed by atoms with van der Waals surface area (Å²) in [5.41, 5.74) is 7.60. The largest absolute Gasteiger partial charge is 0.481 e. The topological polar surface area (TPSA) is 103 Å². The average molecular weight is 392 g/mol. The highest BCUT2D eigenvalue weighted by atomic mass is 35.5. The number of hydrogen-bond acceptors (Lipinski definition) is 7. The van der Waals surface area contributed by atoms with Crippen molar-refractivity contribution in [2.75, 3.05) is 18.6 Å². The third-order valence-electron chi connectivity index (χ3n) is 4.73. The van der Waals surface area contributed by atoms with Gasteiger partial charge in [0, 0.05) is 12.0 Å². The van der Waals surface area contributed by atoms with Gasteiger partial charge < -0.3 is 15.2 Å². The second-order valence-electron chi connectivity index (χ2n) is 6.27. The van der Waals surface area contributed by atoms with Crippen LogP contribution in [0.25, 0.3) is 0 Å². The first-order chi connectivity index (χ1) is 12.9. The summed E-state index contributed by atoms with van der Waals surface area (Å²) in [4.78, 5) is 27.1. The normalized spacial score (nSPS) is 21.5. The summed E-state index contributed by atoms with van der Waals surface area (Å²) in [5.74, 6) is 0.162. The molecule has 144 valence electrons. The van der Waals surface area contributed by atoms with Crippen molar-refractivity contribution in [2.24, 2.45) is 5.73 Å². The van der Waals surface area contributed by atoms with E-state index in [2.05, 4.69) is 15.0 Å². The molecule has 1 aliphatic heterocycles. The van der Waals surface area contributed by atoms with Crippen molar-refractivity contribution >= 4 is 23.4 Å². The van der Waals surface area contributed by atoms with Crippen LogP contribution in [0.15, 0.2) is 24.5 Å². The van der Waals surface area contributed by atoms with Gasteiger partial charge >= 0.3 is 6.09 Å². The molecule has 2 atom stereocenters. The molecule has 0 saturated carbocycles. The van der Waals surface area contributed by atoms with E-state index in [1.807, 2.05) is 6.92 Å². The predicted octanol–water partition coefficient (Wildman–Crippen LogP) is 3.10. The van der Waals surface area contributed by atoms with E-state index in [-0.39, 0.29) is 12.5 Å². The van der Waals surface area contributed by atoms with Crippen molar-refractivity contribution in [2.45, 2.75) is 38.3 Å². The monoisotopic (exact) mass is 391 g/mol. The lowest BCUT2D eigenvalue weighted by Crippen LogP contribution is -2.61. The van der Waals surface area contributed by atoms with Crippen LogP contribution in [0.5, 0.6) is 5.88 Å². The number of rotatable bonds is 4. The van der Waals surface area contributed by atoms with E-state index in [1.165, 1.54) is 18.3 Å². The van der Waals surface area contributed by atoms with E-state index in [0.29, 0.717) is 40.9 Å². The molecule has 1 amide bonds. The molecule has 0 aromatic carbocycles. The maximum Gasteiger partial charge on any atom is 0.415 e. The van der Waals surface area contributed by atoms with Crippen LogP contribution in [0.3, 0.4) is 0 Å². The van der Waals surface area contributed by atoms with E-state index in [4.69, 9.17) is 26.8 Å². The molecule has 27 heavy (non-hydrogen) atoms. The first kappa shape index (κ1) is 19.3. The Morgan fingerprint density at radius 1 is 1.41 bits per heavy atom. The van der Waals surface area contributed by atoms with Crippen LogP contribution in [0.1, 0.15) is 44.0 Å². The standard InChI is InChI=1S/C18H22ClN5O3/c1-4-18(20)9-11(12-8-14(19)22-10-21-12)16-13(6-7-15(23-16)26-3)24(18)17(25)27-5-2/h6-8,10-11H,4-5,9,20H2,1-3H3/t11-,18+/m0/s1. The molecule has 0 spiro atoms. The molecule has 1 aliphatic rings. The first-order valence-corrected chi connectivity index (χ1v) is 9.09. The van der Waals surface area contributed by atoms with Gasteiger partial charge in [0.1, 0.15) is 17.1 Å². The highest BCUT2D eigenvalue weighted by Crippen LogP contribution is 2.45. The van der Waals surface area contributed by atoms with E-state index in [9.17, 15) is 4.79 Å². The van der Waals surface area contributed by atoms with Crippen LogP contribution in [-0.2, 0) is 4.74 Å². The lowest BCUT2D eigenvalue weighted by molar-refractivity contribution is 0.146. The zero-order valence-electron chi connectivity index (χ0n) is 15.5. The maximum absolute atomic E-state index is 12.7. The lowest BCUT2D eigenvalue weighted by Gasteiger charge is -2.46. The van der Waals surface area contributed by atoms with Gasteiger partial charge in [-0.05, 0) is 31.9 Å². The third-order valence-corrected chi connectivity index (χ3v) is 4.94. The van der Waals surface area contributed by atoms with Crippen LogP contribution in [-0.4, -0.2) is 40.4 Å². The van der Waals surface area contributed by atoms with Crippen molar-refractivity contribution < 1.29 is 14.3 Å². The molecule has 3 rings (SSSR count). The zero-order valence-corrected chi connectivity index (χ0v) is 16.2. The molecule has 2 N–H and O–H groups in total. The number of carbonyl (C=O) groups is 1. The van der Waals surface area contributed by atoms with E-state index in [1.54, 1.807) is 25.1 Å². The summed E-state index contributed by atoms with van der Waals surface area (Å²) >= 11 is 6.06. The Morgan fingerprint density at radius 3 is 2.81 bits per heavy atom. The second-order valence-corrected chi connectivity index (χ2v) is 6.66. The number of pyridine rings is 1. The van der Waals surface area contributed by atoms with Crippen LogP contribution in [0.2, 0.25) is 5.15 Å². The molecule has 0 fully saturated rings. The van der Waals surface area contributed by atoms with E-state index < -0.39 is 11.8 Å². The number of amides is 1. The van der Waals surface area contributed by atoms with Crippen LogP contribution in [0.4, 0.5) is 10.5 Å². The zero-order chi connectivity index (χ0) is 19.6. The number of halogens is 1. The minimum absolute atomic E-state index is 0.249. The van der Waals surface area contributed by atoms with Crippen molar-refractivity contribution in [3.8, 4) is 5.88 Å². The summed E-state index contributed by atoms with van der Waals surface area (Å²) in [7, 11) is 1.54. The quantitative estimate of drug-likeness (QED) is 0.798. The van der Waals surface area contributed by atoms with Gasteiger partial charge in [-0.15, -0.1) is 0 Å². The van der Waals surface area contributed by atoms with Gasteiger partial charge in [0.15, 0.2) is 0 Å². The second kappa shape index (κ2) is 7.66. The van der Waals surface area contributed by atoms with Gasteiger partial charge in [-0.2, -0.15) is 0 Å². The molecule has 0 bridgehead atoms. The molecule has 3 heterocycles. The third kappa shape index (κ3) is 3.54. The Balaban J connectivity index is 2.20. The lowest BCUT2D eigenvalue weighted by atomic mass is 9.82. The highest BCUT2D eigenvalue weighted by molar-refractivity contribution is 6.29. The minimum atomic E-state index is -0.961. The summed E-state index contributed by atoms with van der Waals surface area (Å²) in [5, 5.41) is 0.330. The Hall–Kier alpha value is -2.45. The molecule has 0 aliphatic carbocycles. The van der Waals surface area contributed by atoms with Crippen molar-refractivity contribution in [3.05, 3.63) is 41.1 Å². The van der Waals surface area contributed by atoms with Gasteiger partial charge in [-0.1, -0.05) is 18.5 Å². The fourth-order valence-corrected chi connectivity index (χ4v) is 3.50. The molecule has 0 unspecified atom stereocenters. The van der Waals surface area contributed by atoms with Gasteiger partial charge in [0.2, 0.25) is 5.88 Å². The molecule has 9 heteroatoms. The Labute approximate surface area is 162 Å². The number of fused-ring (bicyclic) bond motifs is 1. The first-order valence-electron chi connectivity index (χ1n) is 8.71. The number of aromatic nitrogens is 3. The molecular weight excluding hydrogens is 370 g/mol. The van der Waals surface area contributed by atoms with E-state index >= 15 is 0 Å². The maximum atomic E-state index is 12.7. The predicted molar refractivity (Wildman–Crippen MR) is 101 cm³/mol. The molecule has 8 nitrogen and oxygen atoms in total.